The number of likely N-dealkylation sites (N-methyl/N-ethyl adjacent to an activating group) is 1. The van der Waals surface area contributed by atoms with Crippen LogP contribution in [-0.4, -0.2) is 22.9 Å². The molecule has 2 rings (SSSR count). The highest BCUT2D eigenvalue weighted by Gasteiger charge is 2.06. The van der Waals surface area contributed by atoms with Crippen molar-refractivity contribution in [2.45, 2.75) is 13.3 Å². The van der Waals surface area contributed by atoms with Gasteiger partial charge in [0.25, 0.3) is 0 Å². The van der Waals surface area contributed by atoms with Crippen molar-refractivity contribution >= 4 is 28.2 Å². The molecule has 0 aliphatic heterocycles. The summed E-state index contributed by atoms with van der Waals surface area (Å²) in [5.41, 5.74) is 1.89. The Labute approximate surface area is 109 Å². The van der Waals surface area contributed by atoms with Gasteiger partial charge in [-0.2, -0.15) is 0 Å². The van der Waals surface area contributed by atoms with E-state index in [9.17, 15) is 4.79 Å². The highest BCUT2D eigenvalue weighted by atomic mass is 32.1. The van der Waals surface area contributed by atoms with Gasteiger partial charge in [0.1, 0.15) is 5.82 Å². The van der Waals surface area contributed by atoms with Crippen LogP contribution in [0.1, 0.15) is 11.3 Å². The maximum absolute atomic E-state index is 11.2. The molecule has 0 aromatic carbocycles. The van der Waals surface area contributed by atoms with E-state index in [0.717, 1.165) is 22.2 Å². The summed E-state index contributed by atoms with van der Waals surface area (Å²) in [6.45, 7) is 2.01. The highest BCUT2D eigenvalue weighted by molar-refractivity contribution is 7.13. The Morgan fingerprint density at radius 3 is 3.06 bits per heavy atom. The lowest BCUT2D eigenvalue weighted by Crippen LogP contribution is -2.20. The predicted octanol–water partition coefficient (Wildman–Crippen LogP) is 1.88. The van der Waals surface area contributed by atoms with Crippen LogP contribution in [0.25, 0.3) is 0 Å². The molecular formula is C12H14N4OS. The van der Waals surface area contributed by atoms with Crippen LogP contribution < -0.4 is 10.6 Å². The molecule has 0 saturated carbocycles. The number of hydrogen-bond acceptors (Lipinski definition) is 5. The van der Waals surface area contributed by atoms with Crippen LogP contribution in [0.4, 0.5) is 10.9 Å². The van der Waals surface area contributed by atoms with Crippen molar-refractivity contribution in [1.82, 2.24) is 15.3 Å². The molecule has 0 spiro atoms. The van der Waals surface area contributed by atoms with Crippen LogP contribution in [0, 0.1) is 6.92 Å². The van der Waals surface area contributed by atoms with Gasteiger partial charge >= 0.3 is 0 Å². The number of anilines is 2. The van der Waals surface area contributed by atoms with Gasteiger partial charge < -0.3 is 10.6 Å². The summed E-state index contributed by atoms with van der Waals surface area (Å²) in [5, 5.41) is 8.30. The Balaban J connectivity index is 2.04. The van der Waals surface area contributed by atoms with Crippen LogP contribution in [0.2, 0.25) is 0 Å². The molecule has 2 N–H and O–H groups in total. The summed E-state index contributed by atoms with van der Waals surface area (Å²) >= 11 is 1.46. The first kappa shape index (κ1) is 12.5. The van der Waals surface area contributed by atoms with Crippen molar-refractivity contribution in [3.8, 4) is 0 Å². The average Bonchev–Trinajstić information content (AvgIpc) is 2.76. The molecule has 0 aliphatic carbocycles. The number of pyridine rings is 1. The lowest BCUT2D eigenvalue weighted by atomic mass is 10.3. The molecular weight excluding hydrogens is 248 g/mol. The molecule has 18 heavy (non-hydrogen) atoms. The minimum absolute atomic E-state index is 0.0412. The number of nitrogens with zero attached hydrogens (tertiary/aromatic N) is 2. The number of thiazole rings is 1. The fourth-order valence-corrected chi connectivity index (χ4v) is 2.13. The van der Waals surface area contributed by atoms with E-state index < -0.39 is 0 Å². The van der Waals surface area contributed by atoms with Crippen molar-refractivity contribution in [2.24, 2.45) is 0 Å². The summed E-state index contributed by atoms with van der Waals surface area (Å²) in [7, 11) is 1.62. The van der Waals surface area contributed by atoms with Crippen molar-refractivity contribution in [3.63, 3.8) is 0 Å². The van der Waals surface area contributed by atoms with Gasteiger partial charge in [-0.25, -0.2) is 9.97 Å². The molecule has 0 atom stereocenters. The van der Waals surface area contributed by atoms with Crippen LogP contribution in [-0.2, 0) is 11.2 Å². The summed E-state index contributed by atoms with van der Waals surface area (Å²) in [4.78, 5) is 19.7. The monoisotopic (exact) mass is 262 g/mol. The van der Waals surface area contributed by atoms with Crippen molar-refractivity contribution in [1.29, 1.82) is 0 Å². The first-order valence-electron chi connectivity index (χ1n) is 5.52. The smallest absolute Gasteiger partial charge is 0.225 e. The standard InChI is InChI=1S/C12H14N4OS/c1-8-3-4-14-10(5-8)16-12-15-9(7-18-12)6-11(17)13-2/h3-5,7H,6H2,1-2H3,(H,13,17)(H,14,15,16). The normalized spacial score (nSPS) is 10.1. The quantitative estimate of drug-likeness (QED) is 0.883. The Morgan fingerprint density at radius 1 is 1.50 bits per heavy atom. The fraction of sp³-hybridized carbons (Fsp3) is 0.250. The number of aromatic nitrogens is 2. The third-order valence-electron chi connectivity index (χ3n) is 2.32. The molecule has 5 nitrogen and oxygen atoms in total. The maximum Gasteiger partial charge on any atom is 0.225 e. The Bertz CT molecular complexity index is 553. The number of carbonyl (C=O) groups excluding carboxylic acids is 1. The maximum atomic E-state index is 11.2. The van der Waals surface area contributed by atoms with Crippen molar-refractivity contribution in [2.75, 3.05) is 12.4 Å². The number of nitrogens with one attached hydrogen (secondary N) is 2. The number of hydrogen-bond donors (Lipinski definition) is 2. The van der Waals surface area contributed by atoms with E-state index in [1.807, 2.05) is 24.4 Å². The van der Waals surface area contributed by atoms with Gasteiger partial charge in [0.15, 0.2) is 5.13 Å². The molecule has 2 heterocycles. The fourth-order valence-electron chi connectivity index (χ4n) is 1.41. The molecule has 0 radical (unpaired) electrons. The zero-order valence-corrected chi connectivity index (χ0v) is 11.0. The molecule has 0 unspecified atom stereocenters. The van der Waals surface area contributed by atoms with Gasteiger partial charge in [-0.1, -0.05) is 0 Å². The Morgan fingerprint density at radius 2 is 2.33 bits per heavy atom. The van der Waals surface area contributed by atoms with E-state index in [-0.39, 0.29) is 5.91 Å². The number of rotatable bonds is 4. The number of carbonyl (C=O) groups is 1. The SMILES string of the molecule is CNC(=O)Cc1csc(Nc2cc(C)ccn2)n1. The Hall–Kier alpha value is -1.95. The van der Waals surface area contributed by atoms with Gasteiger partial charge in [-0.3, -0.25) is 4.79 Å². The van der Waals surface area contributed by atoms with Crippen LogP contribution >= 0.6 is 11.3 Å². The molecule has 0 aliphatic rings. The van der Waals surface area contributed by atoms with E-state index in [1.54, 1.807) is 13.2 Å². The van der Waals surface area contributed by atoms with Crippen molar-refractivity contribution in [3.05, 3.63) is 35.0 Å². The second-order valence-electron chi connectivity index (χ2n) is 3.84. The number of amides is 1. The molecule has 0 saturated heterocycles. The molecule has 0 fully saturated rings. The molecule has 94 valence electrons. The third kappa shape index (κ3) is 3.27. The molecule has 6 heteroatoms. The first-order valence-corrected chi connectivity index (χ1v) is 6.40. The zero-order chi connectivity index (χ0) is 13.0. The van der Waals surface area contributed by atoms with Gasteiger partial charge in [0.05, 0.1) is 12.1 Å². The van der Waals surface area contributed by atoms with E-state index in [2.05, 4.69) is 20.6 Å². The molecule has 1 amide bonds. The lowest BCUT2D eigenvalue weighted by Gasteiger charge is -2.01. The first-order chi connectivity index (χ1) is 8.67. The average molecular weight is 262 g/mol. The number of aryl methyl sites for hydroxylation is 1. The zero-order valence-electron chi connectivity index (χ0n) is 10.2. The van der Waals surface area contributed by atoms with Crippen LogP contribution in [0.15, 0.2) is 23.7 Å². The summed E-state index contributed by atoms with van der Waals surface area (Å²) < 4.78 is 0. The summed E-state index contributed by atoms with van der Waals surface area (Å²) in [6, 6.07) is 3.88. The molecule has 0 bridgehead atoms. The second-order valence-corrected chi connectivity index (χ2v) is 4.70. The van der Waals surface area contributed by atoms with E-state index >= 15 is 0 Å². The van der Waals surface area contributed by atoms with E-state index in [0.29, 0.717) is 6.42 Å². The van der Waals surface area contributed by atoms with Gasteiger partial charge in [0.2, 0.25) is 5.91 Å². The lowest BCUT2D eigenvalue weighted by molar-refractivity contribution is -0.120. The molecule has 2 aromatic heterocycles. The minimum Gasteiger partial charge on any atom is -0.359 e. The minimum atomic E-state index is -0.0412. The Kier molecular flexibility index (Phi) is 3.88. The van der Waals surface area contributed by atoms with Crippen LogP contribution in [0.5, 0.6) is 0 Å². The highest BCUT2D eigenvalue weighted by Crippen LogP contribution is 2.20. The third-order valence-corrected chi connectivity index (χ3v) is 3.13. The van der Waals surface area contributed by atoms with Crippen LogP contribution in [0.3, 0.4) is 0 Å². The predicted molar refractivity (Wildman–Crippen MR) is 72.1 cm³/mol. The second kappa shape index (κ2) is 5.59. The van der Waals surface area contributed by atoms with E-state index in [1.165, 1.54) is 11.3 Å². The molecule has 2 aromatic rings. The summed E-state index contributed by atoms with van der Waals surface area (Å²) in [5.74, 6) is 0.719. The van der Waals surface area contributed by atoms with E-state index in [4.69, 9.17) is 0 Å². The van der Waals surface area contributed by atoms with Gasteiger partial charge in [0, 0.05) is 18.6 Å². The summed E-state index contributed by atoms with van der Waals surface area (Å²) in [6.07, 6.45) is 2.05. The van der Waals surface area contributed by atoms with Crippen molar-refractivity contribution < 1.29 is 4.79 Å². The van der Waals surface area contributed by atoms with Gasteiger partial charge in [-0.15, -0.1) is 11.3 Å². The topological polar surface area (TPSA) is 66.9 Å². The largest absolute Gasteiger partial charge is 0.359 e. The van der Waals surface area contributed by atoms with Gasteiger partial charge in [-0.05, 0) is 24.6 Å².